The summed E-state index contributed by atoms with van der Waals surface area (Å²) in [4.78, 5) is 6.52. The Bertz CT molecular complexity index is 306. The zero-order valence-corrected chi connectivity index (χ0v) is 10.8. The molecule has 1 rings (SSSR count). The Balaban J connectivity index is 2.51. The second-order valence-electron chi connectivity index (χ2n) is 4.54. The van der Waals surface area contributed by atoms with Gasteiger partial charge in [0, 0.05) is 31.4 Å². The molecule has 0 aliphatic heterocycles. The lowest BCUT2D eigenvalue weighted by atomic mass is 10.2. The molecule has 0 radical (unpaired) electrons. The lowest BCUT2D eigenvalue weighted by Crippen LogP contribution is -2.31. The van der Waals surface area contributed by atoms with Crippen molar-refractivity contribution in [2.45, 2.75) is 45.8 Å². The number of hydrogen-bond donors (Lipinski definition) is 1. The van der Waals surface area contributed by atoms with Gasteiger partial charge in [-0.05, 0) is 27.3 Å². The fourth-order valence-corrected chi connectivity index (χ4v) is 1.69. The summed E-state index contributed by atoms with van der Waals surface area (Å²) in [6.07, 6.45) is 4.90. The van der Waals surface area contributed by atoms with E-state index in [2.05, 4.69) is 35.3 Å². The molecule has 2 atom stereocenters. The van der Waals surface area contributed by atoms with Gasteiger partial charge in [-0.1, -0.05) is 6.92 Å². The van der Waals surface area contributed by atoms with Crippen LogP contribution in [0.15, 0.2) is 12.5 Å². The minimum Gasteiger partial charge on any atom is -0.332 e. The van der Waals surface area contributed by atoms with Crippen LogP contribution in [0.3, 0.4) is 0 Å². The van der Waals surface area contributed by atoms with E-state index in [4.69, 9.17) is 5.73 Å². The van der Waals surface area contributed by atoms with E-state index in [-0.39, 0.29) is 6.04 Å². The van der Waals surface area contributed by atoms with E-state index in [0.717, 1.165) is 18.8 Å². The van der Waals surface area contributed by atoms with Crippen molar-refractivity contribution in [2.24, 2.45) is 5.73 Å². The highest BCUT2D eigenvalue weighted by atomic mass is 15.2. The first-order valence-corrected chi connectivity index (χ1v) is 6.02. The van der Waals surface area contributed by atoms with Gasteiger partial charge in [-0.3, -0.25) is 0 Å². The van der Waals surface area contributed by atoms with E-state index >= 15 is 0 Å². The van der Waals surface area contributed by atoms with Crippen molar-refractivity contribution < 1.29 is 0 Å². The normalized spacial score (nSPS) is 15.4. The second kappa shape index (κ2) is 6.01. The molecule has 0 aliphatic rings. The van der Waals surface area contributed by atoms with Crippen molar-refractivity contribution in [3.8, 4) is 0 Å². The molecule has 1 aromatic rings. The average molecular weight is 224 g/mol. The van der Waals surface area contributed by atoms with Crippen molar-refractivity contribution >= 4 is 0 Å². The van der Waals surface area contributed by atoms with Crippen LogP contribution in [-0.4, -0.2) is 34.1 Å². The van der Waals surface area contributed by atoms with Gasteiger partial charge in [0.05, 0.1) is 12.0 Å². The van der Waals surface area contributed by atoms with Gasteiger partial charge in [0.2, 0.25) is 0 Å². The summed E-state index contributed by atoms with van der Waals surface area (Å²) in [6, 6.07) is 0.679. The summed E-state index contributed by atoms with van der Waals surface area (Å²) in [5, 5.41) is 0. The Hall–Kier alpha value is -0.870. The molecule has 1 unspecified atom stereocenters. The number of imidazole rings is 1. The molecule has 0 saturated carbocycles. The predicted octanol–water partition coefficient (Wildman–Crippen LogP) is 1.63. The monoisotopic (exact) mass is 224 g/mol. The molecule has 2 N–H and O–H groups in total. The SMILES string of the molecule is CCC(C)N(C)CCn1cncc1[C@H](C)N. The van der Waals surface area contributed by atoms with Crippen LogP contribution in [0.1, 0.15) is 38.9 Å². The molecule has 0 aliphatic carbocycles. The smallest absolute Gasteiger partial charge is 0.0949 e. The topological polar surface area (TPSA) is 47.1 Å². The Labute approximate surface area is 98.5 Å². The van der Waals surface area contributed by atoms with Crippen LogP contribution in [-0.2, 0) is 6.54 Å². The van der Waals surface area contributed by atoms with Crippen molar-refractivity contribution in [3.05, 3.63) is 18.2 Å². The zero-order chi connectivity index (χ0) is 12.1. The molecule has 92 valence electrons. The van der Waals surface area contributed by atoms with Gasteiger partial charge in [-0.15, -0.1) is 0 Å². The van der Waals surface area contributed by atoms with E-state index in [1.165, 1.54) is 6.42 Å². The second-order valence-corrected chi connectivity index (χ2v) is 4.54. The van der Waals surface area contributed by atoms with Gasteiger partial charge in [-0.25, -0.2) is 4.98 Å². The molecule has 1 aromatic heterocycles. The fourth-order valence-electron chi connectivity index (χ4n) is 1.69. The van der Waals surface area contributed by atoms with Crippen molar-refractivity contribution in [3.63, 3.8) is 0 Å². The molecule has 16 heavy (non-hydrogen) atoms. The highest BCUT2D eigenvalue weighted by Gasteiger charge is 2.09. The summed E-state index contributed by atoms with van der Waals surface area (Å²) >= 11 is 0. The first-order valence-electron chi connectivity index (χ1n) is 6.02. The van der Waals surface area contributed by atoms with Crippen LogP contribution in [0.2, 0.25) is 0 Å². The highest BCUT2D eigenvalue weighted by molar-refractivity contribution is 5.03. The predicted molar refractivity (Wildman–Crippen MR) is 67.2 cm³/mol. The first kappa shape index (κ1) is 13.2. The molecule has 0 amide bonds. The fraction of sp³-hybridized carbons (Fsp3) is 0.750. The van der Waals surface area contributed by atoms with Crippen LogP contribution in [0.5, 0.6) is 0 Å². The van der Waals surface area contributed by atoms with Gasteiger partial charge >= 0.3 is 0 Å². The average Bonchev–Trinajstić information content (AvgIpc) is 2.72. The van der Waals surface area contributed by atoms with Gasteiger partial charge in [0.25, 0.3) is 0 Å². The molecule has 0 bridgehead atoms. The molecule has 4 nitrogen and oxygen atoms in total. The van der Waals surface area contributed by atoms with Crippen molar-refractivity contribution in [1.82, 2.24) is 14.5 Å². The Morgan fingerprint density at radius 1 is 1.50 bits per heavy atom. The van der Waals surface area contributed by atoms with Gasteiger partial charge < -0.3 is 15.2 Å². The molecule has 0 fully saturated rings. The summed E-state index contributed by atoms with van der Waals surface area (Å²) < 4.78 is 2.14. The number of nitrogens with two attached hydrogens (primary N) is 1. The van der Waals surface area contributed by atoms with Gasteiger partial charge in [0.15, 0.2) is 0 Å². The minimum absolute atomic E-state index is 0.0522. The van der Waals surface area contributed by atoms with E-state index < -0.39 is 0 Å². The summed E-state index contributed by atoms with van der Waals surface area (Å²) in [5.41, 5.74) is 6.99. The number of hydrogen-bond acceptors (Lipinski definition) is 3. The number of likely N-dealkylation sites (N-methyl/N-ethyl adjacent to an activating group) is 1. The molecule has 0 spiro atoms. The van der Waals surface area contributed by atoms with Crippen LogP contribution in [0.25, 0.3) is 0 Å². The van der Waals surface area contributed by atoms with Crippen molar-refractivity contribution in [1.29, 1.82) is 0 Å². The Morgan fingerprint density at radius 2 is 2.19 bits per heavy atom. The number of aromatic nitrogens is 2. The maximum absolute atomic E-state index is 5.88. The molecule has 4 heteroatoms. The maximum Gasteiger partial charge on any atom is 0.0949 e. The standard InChI is InChI=1S/C12H24N4/c1-5-10(2)15(4)6-7-16-9-14-8-12(16)11(3)13/h8-11H,5-7,13H2,1-4H3/t10?,11-/m0/s1. The van der Waals surface area contributed by atoms with Gasteiger partial charge in [0.1, 0.15) is 0 Å². The molecule has 0 saturated heterocycles. The largest absolute Gasteiger partial charge is 0.332 e. The molecule has 0 aromatic carbocycles. The van der Waals surface area contributed by atoms with E-state index in [0.29, 0.717) is 6.04 Å². The third-order valence-electron chi connectivity index (χ3n) is 3.25. The van der Waals surface area contributed by atoms with Crippen LogP contribution in [0.4, 0.5) is 0 Å². The lowest BCUT2D eigenvalue weighted by molar-refractivity contribution is 0.241. The number of nitrogens with zero attached hydrogens (tertiary/aromatic N) is 3. The minimum atomic E-state index is 0.0522. The van der Waals surface area contributed by atoms with Gasteiger partial charge in [-0.2, -0.15) is 0 Å². The van der Waals surface area contributed by atoms with E-state index in [1.54, 1.807) is 0 Å². The summed E-state index contributed by atoms with van der Waals surface area (Å²) in [6.45, 7) is 8.45. The Kier molecular flexibility index (Phi) is 4.96. The third-order valence-corrected chi connectivity index (χ3v) is 3.25. The van der Waals surface area contributed by atoms with Crippen LogP contribution in [0, 0.1) is 0 Å². The van der Waals surface area contributed by atoms with Crippen LogP contribution >= 0.6 is 0 Å². The first-order chi connectivity index (χ1) is 7.56. The van der Waals surface area contributed by atoms with E-state index in [1.807, 2.05) is 19.4 Å². The maximum atomic E-state index is 5.88. The Morgan fingerprint density at radius 3 is 2.75 bits per heavy atom. The van der Waals surface area contributed by atoms with Crippen molar-refractivity contribution in [2.75, 3.05) is 13.6 Å². The highest BCUT2D eigenvalue weighted by Crippen LogP contribution is 2.09. The molecular weight excluding hydrogens is 200 g/mol. The summed E-state index contributed by atoms with van der Waals surface area (Å²) in [5.74, 6) is 0. The lowest BCUT2D eigenvalue weighted by Gasteiger charge is -2.24. The zero-order valence-electron chi connectivity index (χ0n) is 10.8. The quantitative estimate of drug-likeness (QED) is 0.799. The van der Waals surface area contributed by atoms with E-state index in [9.17, 15) is 0 Å². The molecular formula is C12H24N4. The number of rotatable bonds is 6. The third kappa shape index (κ3) is 3.32. The summed E-state index contributed by atoms with van der Waals surface area (Å²) in [7, 11) is 2.16. The van der Waals surface area contributed by atoms with Crippen LogP contribution < -0.4 is 5.73 Å². The molecule has 1 heterocycles.